The summed E-state index contributed by atoms with van der Waals surface area (Å²) in [6, 6.07) is 0. The molecule has 1 heterocycles. The Hall–Kier alpha value is -0.340. The molecule has 0 radical (unpaired) electrons. The average molecular weight is 141 g/mol. The highest BCUT2D eigenvalue weighted by Crippen LogP contribution is 2.06. The van der Waals surface area contributed by atoms with Gasteiger partial charge in [-0.2, -0.15) is 0 Å². The SMILES string of the molecule is COCC1C=CCN(C)C1. The van der Waals surface area contributed by atoms with E-state index in [2.05, 4.69) is 24.1 Å². The lowest BCUT2D eigenvalue weighted by Crippen LogP contribution is -2.30. The van der Waals surface area contributed by atoms with Crippen LogP contribution in [0.5, 0.6) is 0 Å². The Kier molecular flexibility index (Phi) is 2.90. The largest absolute Gasteiger partial charge is 0.384 e. The minimum Gasteiger partial charge on any atom is -0.384 e. The molecule has 0 saturated heterocycles. The van der Waals surface area contributed by atoms with E-state index < -0.39 is 0 Å². The average Bonchev–Trinajstić information content (AvgIpc) is 1.88. The second-order valence-corrected chi connectivity index (χ2v) is 2.86. The third-order valence-electron chi connectivity index (χ3n) is 1.75. The molecule has 0 saturated carbocycles. The van der Waals surface area contributed by atoms with Crippen molar-refractivity contribution in [1.82, 2.24) is 4.90 Å². The Bertz CT molecular complexity index is 122. The van der Waals surface area contributed by atoms with Crippen molar-refractivity contribution in [3.05, 3.63) is 12.2 Å². The Morgan fingerprint density at radius 3 is 3.10 bits per heavy atom. The van der Waals surface area contributed by atoms with Gasteiger partial charge >= 0.3 is 0 Å². The van der Waals surface area contributed by atoms with E-state index in [4.69, 9.17) is 4.74 Å². The monoisotopic (exact) mass is 141 g/mol. The standard InChI is InChI=1S/C8H15NO/c1-9-5-3-4-8(6-9)7-10-2/h3-4,8H,5-7H2,1-2H3. The highest BCUT2D eigenvalue weighted by atomic mass is 16.5. The number of likely N-dealkylation sites (N-methyl/N-ethyl adjacent to an activating group) is 1. The molecule has 0 aromatic carbocycles. The molecule has 0 aromatic rings. The number of nitrogens with zero attached hydrogens (tertiary/aromatic N) is 1. The summed E-state index contributed by atoms with van der Waals surface area (Å²) in [7, 11) is 3.88. The van der Waals surface area contributed by atoms with E-state index in [1.54, 1.807) is 7.11 Å². The van der Waals surface area contributed by atoms with Crippen LogP contribution in [0.25, 0.3) is 0 Å². The van der Waals surface area contributed by atoms with Gasteiger partial charge in [-0.05, 0) is 7.05 Å². The van der Waals surface area contributed by atoms with Crippen molar-refractivity contribution in [2.45, 2.75) is 0 Å². The highest BCUT2D eigenvalue weighted by Gasteiger charge is 2.10. The van der Waals surface area contributed by atoms with Crippen LogP contribution in [0.15, 0.2) is 12.2 Å². The zero-order valence-electron chi connectivity index (χ0n) is 6.71. The first kappa shape index (κ1) is 7.76. The van der Waals surface area contributed by atoms with Crippen molar-refractivity contribution in [2.24, 2.45) is 5.92 Å². The van der Waals surface area contributed by atoms with Gasteiger partial charge in [0, 0.05) is 26.1 Å². The zero-order chi connectivity index (χ0) is 7.40. The van der Waals surface area contributed by atoms with Crippen LogP contribution in [-0.4, -0.2) is 38.8 Å². The van der Waals surface area contributed by atoms with Crippen molar-refractivity contribution in [2.75, 3.05) is 33.9 Å². The lowest BCUT2D eigenvalue weighted by Gasteiger charge is -2.24. The number of hydrogen-bond acceptors (Lipinski definition) is 2. The molecule has 1 aliphatic rings. The molecule has 58 valence electrons. The lowest BCUT2D eigenvalue weighted by atomic mass is 10.1. The molecule has 1 aliphatic heterocycles. The van der Waals surface area contributed by atoms with Gasteiger partial charge in [-0.15, -0.1) is 0 Å². The van der Waals surface area contributed by atoms with E-state index in [1.165, 1.54) is 0 Å². The first-order valence-corrected chi connectivity index (χ1v) is 3.67. The van der Waals surface area contributed by atoms with Crippen LogP contribution < -0.4 is 0 Å². The van der Waals surface area contributed by atoms with Crippen LogP contribution in [0, 0.1) is 5.92 Å². The van der Waals surface area contributed by atoms with Gasteiger partial charge < -0.3 is 9.64 Å². The molecule has 0 aliphatic carbocycles. The molecule has 0 fully saturated rings. The first-order chi connectivity index (χ1) is 4.83. The van der Waals surface area contributed by atoms with Crippen LogP contribution in [0.4, 0.5) is 0 Å². The molecule has 1 rings (SSSR count). The van der Waals surface area contributed by atoms with Gasteiger partial charge in [-0.1, -0.05) is 12.2 Å². The number of hydrogen-bond donors (Lipinski definition) is 0. The fourth-order valence-corrected chi connectivity index (χ4v) is 1.29. The molecule has 10 heavy (non-hydrogen) atoms. The second kappa shape index (κ2) is 3.74. The Morgan fingerprint density at radius 2 is 2.50 bits per heavy atom. The Balaban J connectivity index is 2.32. The number of rotatable bonds is 2. The molecule has 2 nitrogen and oxygen atoms in total. The molecule has 2 heteroatoms. The third-order valence-corrected chi connectivity index (χ3v) is 1.75. The second-order valence-electron chi connectivity index (χ2n) is 2.86. The van der Waals surface area contributed by atoms with E-state index in [9.17, 15) is 0 Å². The first-order valence-electron chi connectivity index (χ1n) is 3.67. The summed E-state index contributed by atoms with van der Waals surface area (Å²) in [6.45, 7) is 3.06. The van der Waals surface area contributed by atoms with Gasteiger partial charge in [0.25, 0.3) is 0 Å². The smallest absolute Gasteiger partial charge is 0.0537 e. The predicted octanol–water partition coefficient (Wildman–Crippen LogP) is 0.751. The van der Waals surface area contributed by atoms with Gasteiger partial charge in [0.1, 0.15) is 0 Å². The summed E-state index contributed by atoms with van der Waals surface area (Å²) < 4.78 is 5.05. The van der Waals surface area contributed by atoms with Crippen molar-refractivity contribution in [1.29, 1.82) is 0 Å². The molecule has 0 N–H and O–H groups in total. The molecule has 0 aromatic heterocycles. The lowest BCUT2D eigenvalue weighted by molar-refractivity contribution is 0.147. The maximum absolute atomic E-state index is 5.05. The van der Waals surface area contributed by atoms with Crippen molar-refractivity contribution < 1.29 is 4.74 Å². The van der Waals surface area contributed by atoms with E-state index in [0.29, 0.717) is 5.92 Å². The molecule has 0 amide bonds. The van der Waals surface area contributed by atoms with E-state index >= 15 is 0 Å². The van der Waals surface area contributed by atoms with E-state index in [-0.39, 0.29) is 0 Å². The zero-order valence-corrected chi connectivity index (χ0v) is 6.71. The van der Waals surface area contributed by atoms with Crippen molar-refractivity contribution in [3.8, 4) is 0 Å². The van der Waals surface area contributed by atoms with Gasteiger partial charge in [-0.25, -0.2) is 0 Å². The van der Waals surface area contributed by atoms with Crippen molar-refractivity contribution in [3.63, 3.8) is 0 Å². The molecule has 1 unspecified atom stereocenters. The minimum absolute atomic E-state index is 0.601. The van der Waals surface area contributed by atoms with Gasteiger partial charge in [0.15, 0.2) is 0 Å². The van der Waals surface area contributed by atoms with Crippen LogP contribution in [0.1, 0.15) is 0 Å². The summed E-state index contributed by atoms with van der Waals surface area (Å²) in [6.07, 6.45) is 4.44. The predicted molar refractivity (Wildman–Crippen MR) is 42.0 cm³/mol. The molecule has 0 spiro atoms. The molecular formula is C8H15NO. The summed E-state index contributed by atoms with van der Waals surface area (Å²) in [5.41, 5.74) is 0. The highest BCUT2D eigenvalue weighted by molar-refractivity contribution is 4.95. The van der Waals surface area contributed by atoms with Crippen LogP contribution in [0.3, 0.4) is 0 Å². The van der Waals surface area contributed by atoms with E-state index in [1.807, 2.05) is 0 Å². The van der Waals surface area contributed by atoms with Crippen LogP contribution in [0.2, 0.25) is 0 Å². The fourth-order valence-electron chi connectivity index (χ4n) is 1.29. The van der Waals surface area contributed by atoms with Crippen LogP contribution in [-0.2, 0) is 4.74 Å². The summed E-state index contributed by atoms with van der Waals surface area (Å²) in [5.74, 6) is 0.601. The van der Waals surface area contributed by atoms with Gasteiger partial charge in [-0.3, -0.25) is 0 Å². The fraction of sp³-hybridized carbons (Fsp3) is 0.750. The summed E-state index contributed by atoms with van der Waals surface area (Å²) in [5, 5.41) is 0. The Morgan fingerprint density at radius 1 is 1.70 bits per heavy atom. The quantitative estimate of drug-likeness (QED) is 0.526. The third kappa shape index (κ3) is 2.12. The van der Waals surface area contributed by atoms with Gasteiger partial charge in [0.05, 0.1) is 6.61 Å². The summed E-state index contributed by atoms with van der Waals surface area (Å²) in [4.78, 5) is 2.30. The van der Waals surface area contributed by atoms with Gasteiger partial charge in [0.2, 0.25) is 0 Å². The van der Waals surface area contributed by atoms with E-state index in [0.717, 1.165) is 19.7 Å². The molecule has 1 atom stereocenters. The molecular weight excluding hydrogens is 126 g/mol. The number of ether oxygens (including phenoxy) is 1. The summed E-state index contributed by atoms with van der Waals surface area (Å²) >= 11 is 0. The van der Waals surface area contributed by atoms with Crippen molar-refractivity contribution >= 4 is 0 Å². The number of methoxy groups -OCH3 is 1. The topological polar surface area (TPSA) is 12.5 Å². The maximum atomic E-state index is 5.05. The molecule has 0 bridgehead atoms. The van der Waals surface area contributed by atoms with Crippen LogP contribution >= 0.6 is 0 Å². The maximum Gasteiger partial charge on any atom is 0.0537 e. The minimum atomic E-state index is 0.601. The Labute approximate surface area is 62.5 Å². The normalized spacial score (nSPS) is 27.2.